The highest BCUT2D eigenvalue weighted by Crippen LogP contribution is 2.75. The Kier molecular flexibility index (Phi) is 19.5. The maximum absolute atomic E-state index is 2.52. The van der Waals surface area contributed by atoms with Crippen LogP contribution in [0.5, 0.6) is 0 Å². The van der Waals surface area contributed by atoms with E-state index in [1.807, 2.05) is 22.7 Å². The van der Waals surface area contributed by atoms with Crippen molar-refractivity contribution in [2.75, 3.05) is 14.7 Å². The van der Waals surface area contributed by atoms with Crippen molar-refractivity contribution in [1.29, 1.82) is 0 Å². The van der Waals surface area contributed by atoms with Crippen molar-refractivity contribution in [3.05, 3.63) is 464 Å². The fraction of sp³-hybridized carbons (Fsp3) is 0.214. The van der Waals surface area contributed by atoms with E-state index in [1.54, 1.807) is 33.4 Å². The van der Waals surface area contributed by atoms with Crippen molar-refractivity contribution < 1.29 is 0 Å². The molecule has 0 atom stereocenters. The van der Waals surface area contributed by atoms with E-state index in [2.05, 4.69) is 445 Å². The zero-order chi connectivity index (χ0) is 94.9. The summed E-state index contributed by atoms with van der Waals surface area (Å²) in [6.07, 6.45) is 21.3. The Balaban J connectivity index is 0.0000000990. The first kappa shape index (κ1) is 85.0. The number of hydrogen-bond acceptors (Lipinski definition) is 5. The largest absolute Gasteiger partial charge is 0.310 e. The first-order valence-electron chi connectivity index (χ1n) is 54.1. The summed E-state index contributed by atoms with van der Waals surface area (Å²) in [7, 11) is 0. The van der Waals surface area contributed by atoms with Crippen molar-refractivity contribution in [2.24, 2.45) is 71.0 Å². The second kappa shape index (κ2) is 33.3. The van der Waals surface area contributed by atoms with Crippen LogP contribution in [0, 0.1) is 71.0 Å². The number of anilines is 9. The standard InChI is InChI=1S/C48H39N.2C46H37NS/c1-2-10-39(11-3-1)49(40-22-19-33(20-23-40)35-21-24-42-36(30-35)18-17-34-9-4-5-12-41(34)42)46-16-8-15-45-47(46)43-13-6-7-14-44(43)48(45)37-26-31-25-32(28-37)29-38(48)27-31;1-2-10-34(11-3-1)47(35-22-20-31(21-23-35)36-14-8-15-38-37-12-5-7-19-43(37)48-45(36)38)42-18-9-17-41-44(42)39-13-4-6-16-40(39)46(41)32-25-29-24-30(27-32)28-33(46)26-29;1-2-9-35(10-3-1)47(36-20-17-31(18-21-36)32-19-22-44-39(28-32)37-11-5-7-16-43(37)48-44)42-15-8-14-41-45(42)38-12-4-6-13-40(38)46(41)33-24-29-23-30(26-33)27-34(46)25-29/h1-24,30-32,37-38H,25-29H2;1-23,29-30,32-33H,24-28H2;1-22,28-30,33-34H,23-27H2. The smallest absolute Gasteiger partial charge is 0.0543 e. The molecule has 0 saturated heterocycles. The second-order valence-corrected chi connectivity index (χ2v) is 47.4. The Morgan fingerprint density at radius 2 is 0.476 bits per heavy atom. The van der Waals surface area contributed by atoms with Gasteiger partial charge in [-0.05, 0) is 394 Å². The molecule has 145 heavy (non-hydrogen) atoms. The van der Waals surface area contributed by atoms with Gasteiger partial charge in [0.25, 0.3) is 0 Å². The Labute approximate surface area is 858 Å². The van der Waals surface area contributed by atoms with Gasteiger partial charge in [-0.15, -0.1) is 22.7 Å². The van der Waals surface area contributed by atoms with E-state index >= 15 is 0 Å². The van der Waals surface area contributed by atoms with Crippen molar-refractivity contribution in [2.45, 2.75) is 113 Å². The topological polar surface area (TPSA) is 9.72 Å². The van der Waals surface area contributed by atoms with Crippen LogP contribution < -0.4 is 14.7 Å². The number of rotatable bonds is 12. The van der Waals surface area contributed by atoms with Crippen LogP contribution in [0.25, 0.3) is 129 Å². The third-order valence-corrected chi connectivity index (χ3v) is 40.7. The van der Waals surface area contributed by atoms with Crippen LogP contribution in [-0.2, 0) is 16.2 Å². The molecule has 12 bridgehead atoms. The summed E-state index contributed by atoms with van der Waals surface area (Å²) >= 11 is 3.78. The van der Waals surface area contributed by atoms with E-state index in [0.717, 1.165) is 71.0 Å². The van der Waals surface area contributed by atoms with Gasteiger partial charge >= 0.3 is 0 Å². The molecule has 0 N–H and O–H groups in total. The van der Waals surface area contributed by atoms with Crippen LogP contribution >= 0.6 is 22.7 Å². The molecule has 0 unspecified atom stereocenters. The van der Waals surface area contributed by atoms with Gasteiger partial charge in [0.05, 0.1) is 17.1 Å². The molecule has 5 heteroatoms. The molecule has 2 aromatic heterocycles. The maximum atomic E-state index is 2.52. The minimum absolute atomic E-state index is 0.156. The van der Waals surface area contributed by atoms with E-state index in [4.69, 9.17) is 0 Å². The number of benzene rings is 19. The molecule has 0 amide bonds. The molecule has 15 aliphatic rings. The Hall–Kier alpha value is -14.5. The van der Waals surface area contributed by atoms with E-state index < -0.39 is 0 Å². The summed E-state index contributed by atoms with van der Waals surface area (Å²) < 4.78 is 5.42. The number of nitrogens with zero attached hydrogens (tertiary/aromatic N) is 3. The molecule has 0 aliphatic heterocycles. The summed E-state index contributed by atoms with van der Waals surface area (Å²) in [5.74, 6) is 10.2. The highest BCUT2D eigenvalue weighted by atomic mass is 32.1. The molecular weight excluding hydrogens is 1790 g/mol. The lowest BCUT2D eigenvalue weighted by Crippen LogP contribution is -2.55. The lowest BCUT2D eigenvalue weighted by Gasteiger charge is -2.61. The third kappa shape index (κ3) is 12.9. The molecular formula is C140H113N3S2. The van der Waals surface area contributed by atoms with E-state index in [-0.39, 0.29) is 16.2 Å². The predicted molar refractivity (Wildman–Crippen MR) is 610 cm³/mol. The van der Waals surface area contributed by atoms with Gasteiger partial charge < -0.3 is 14.7 Å². The highest BCUT2D eigenvalue weighted by Gasteiger charge is 2.66. The molecule has 12 saturated carbocycles. The monoisotopic (exact) mass is 1900 g/mol. The molecule has 36 rings (SSSR count). The zero-order valence-electron chi connectivity index (χ0n) is 81.7. The number of thiophene rings is 2. The first-order chi connectivity index (χ1) is 71.8. The Morgan fingerprint density at radius 3 is 0.910 bits per heavy atom. The van der Waals surface area contributed by atoms with Crippen molar-refractivity contribution in [3.63, 3.8) is 0 Å². The van der Waals surface area contributed by atoms with Crippen LogP contribution in [0.15, 0.2) is 431 Å². The molecule has 700 valence electrons. The van der Waals surface area contributed by atoms with Crippen molar-refractivity contribution in [1.82, 2.24) is 0 Å². The normalized spacial score (nSPS) is 24.6. The SMILES string of the molecule is c1ccc(N(c2ccc(-c3ccc4c(ccc5ccccc54)c3)cc2)c2cccc3c2-c2ccccc2C32C3CC4CC(C3)CC2C4)cc1.c1ccc(N(c2ccc(-c3ccc4sc5ccccc5c4c3)cc2)c2cccc3c2-c2ccccc2C32C3CC4CC(C3)CC2C4)cc1.c1ccc(N(c2ccc(-c3cccc4c3sc3ccccc34)cc2)c2cccc3c2-c2ccccc2C32C3CC4CC(C3)CC2C4)cc1. The van der Waals surface area contributed by atoms with Gasteiger partial charge in [0, 0.05) is 107 Å². The Bertz CT molecular complexity index is 8650. The molecule has 19 aromatic carbocycles. The second-order valence-electron chi connectivity index (χ2n) is 45.2. The lowest BCUT2D eigenvalue weighted by atomic mass is 9.43. The zero-order valence-corrected chi connectivity index (χ0v) is 83.3. The molecule has 12 fully saturated rings. The lowest BCUT2D eigenvalue weighted by molar-refractivity contribution is -0.0399. The van der Waals surface area contributed by atoms with Gasteiger partial charge in [0.15, 0.2) is 0 Å². The number of fused-ring (bicyclic) bond motifs is 18. The predicted octanol–water partition coefficient (Wildman–Crippen LogP) is 38.7. The fourth-order valence-electron chi connectivity index (χ4n) is 33.6. The molecule has 0 radical (unpaired) electrons. The maximum Gasteiger partial charge on any atom is 0.0543 e. The summed E-state index contributed by atoms with van der Waals surface area (Å²) in [6, 6.07) is 163. The van der Waals surface area contributed by atoms with Crippen LogP contribution in [-0.4, -0.2) is 0 Å². The average Bonchev–Trinajstić information content (AvgIpc) is 1.52. The summed E-state index contributed by atoms with van der Waals surface area (Å²) in [6.45, 7) is 0. The Morgan fingerprint density at radius 1 is 0.179 bits per heavy atom. The molecule has 2 heterocycles. The number of para-hydroxylation sites is 3. The van der Waals surface area contributed by atoms with Gasteiger partial charge in [-0.2, -0.15) is 0 Å². The minimum atomic E-state index is 0.156. The third-order valence-electron chi connectivity index (χ3n) is 38.3. The molecule has 3 spiro atoms. The van der Waals surface area contributed by atoms with E-state index in [9.17, 15) is 0 Å². The van der Waals surface area contributed by atoms with Crippen LogP contribution in [0.1, 0.15) is 130 Å². The van der Waals surface area contributed by atoms with Gasteiger partial charge in [-0.25, -0.2) is 0 Å². The van der Waals surface area contributed by atoms with Crippen LogP contribution in [0.2, 0.25) is 0 Å². The minimum Gasteiger partial charge on any atom is -0.310 e. The summed E-state index contributed by atoms with van der Waals surface area (Å²) in [5.41, 5.74) is 37.5. The number of hydrogen-bond donors (Lipinski definition) is 0. The van der Waals surface area contributed by atoms with Crippen LogP contribution in [0.3, 0.4) is 0 Å². The molecule has 15 aliphatic carbocycles. The van der Waals surface area contributed by atoms with Gasteiger partial charge in [-0.1, -0.05) is 309 Å². The van der Waals surface area contributed by atoms with Gasteiger partial charge in [-0.3, -0.25) is 0 Å². The molecule has 3 nitrogen and oxygen atoms in total. The fourth-order valence-corrected chi connectivity index (χ4v) is 35.9. The van der Waals surface area contributed by atoms with Gasteiger partial charge in [0.1, 0.15) is 0 Å². The van der Waals surface area contributed by atoms with E-state index in [0.29, 0.717) is 0 Å². The van der Waals surface area contributed by atoms with Crippen LogP contribution in [0.4, 0.5) is 51.2 Å². The quantitative estimate of drug-likeness (QED) is 0.113. The average molecular weight is 1900 g/mol. The van der Waals surface area contributed by atoms with Gasteiger partial charge in [0.2, 0.25) is 0 Å². The first-order valence-corrected chi connectivity index (χ1v) is 55.7. The van der Waals surface area contributed by atoms with E-state index in [1.165, 1.54) is 276 Å². The summed E-state index contributed by atoms with van der Waals surface area (Å²) in [4.78, 5) is 7.56. The highest BCUT2D eigenvalue weighted by molar-refractivity contribution is 7.26. The van der Waals surface area contributed by atoms with Crippen molar-refractivity contribution in [3.8, 4) is 66.8 Å². The summed E-state index contributed by atoms with van der Waals surface area (Å²) in [5, 5.41) is 10.6. The van der Waals surface area contributed by atoms with Crippen molar-refractivity contribution >= 4 is 136 Å². The molecule has 21 aromatic rings.